The van der Waals surface area contributed by atoms with Gasteiger partial charge < -0.3 is 16.0 Å². The predicted octanol–water partition coefficient (Wildman–Crippen LogP) is 5.48. The minimum Gasteiger partial charge on any atom is -0.368 e. The number of aryl methyl sites for hydroxylation is 1. The van der Waals surface area contributed by atoms with E-state index in [0.29, 0.717) is 50.0 Å². The lowest BCUT2D eigenvalue weighted by atomic mass is 9.94. The first-order valence-electron chi connectivity index (χ1n) is 18.3. The summed E-state index contributed by atoms with van der Waals surface area (Å²) in [4.78, 5) is 37.3. The van der Waals surface area contributed by atoms with Gasteiger partial charge in [-0.3, -0.25) is 23.7 Å². The van der Waals surface area contributed by atoms with Crippen LogP contribution < -0.4 is 20.7 Å². The van der Waals surface area contributed by atoms with Crippen molar-refractivity contribution in [2.75, 3.05) is 22.4 Å². The molecule has 2 unspecified atom stereocenters. The zero-order chi connectivity index (χ0) is 42.8. The number of para-hydroxylation sites is 1. The number of alkyl halides is 5. The Hall–Kier alpha value is -5.84. The molecule has 6 aromatic rings. The highest BCUT2D eigenvalue weighted by molar-refractivity contribution is 7.92. The molecule has 14 nitrogen and oxygen atoms in total. The maximum absolute atomic E-state index is 15.5. The Balaban J connectivity index is 1.20. The number of carbonyl (C=O) groups excluding carboxylic acids is 2. The van der Waals surface area contributed by atoms with Crippen LogP contribution in [0.4, 0.5) is 41.7 Å². The van der Waals surface area contributed by atoms with Gasteiger partial charge in [-0.2, -0.15) is 37.1 Å². The Kier molecular flexibility index (Phi) is 8.97. The standard InChI is InChI=1S/C37H31F7N10O4S2/c1-52-29-18(4-3-5-19(29)33(50-52)51-60(2,57)58)20-13-25-34(48-35(59-25)53-7-6-24(53)32(45)56)47-28(20)23(10-15-8-16(38)11-17(39)9-15)46-26(55)14-54-31-27(30(49-54)37(42,43)44)21-12-22(21)36(31,40)41/h3-5,8-9,11,13,21-24H,6-7,10,12,14H2,1-2H3,(H2,45,56)(H,46,55)(H,50,51)/t21?,22-,23+,24?/m1/s1. The maximum Gasteiger partial charge on any atom is 0.435 e. The first-order chi connectivity index (χ1) is 28.2. The van der Waals surface area contributed by atoms with Crippen molar-refractivity contribution >= 4 is 65.4 Å². The zero-order valence-corrected chi connectivity index (χ0v) is 32.8. The lowest BCUT2D eigenvalue weighted by Crippen LogP contribution is -2.55. The second-order valence-corrected chi connectivity index (χ2v) is 17.9. The number of hydrogen-bond donors (Lipinski definition) is 3. The number of primary amides is 1. The third-order valence-electron chi connectivity index (χ3n) is 11.0. The van der Waals surface area contributed by atoms with Crippen LogP contribution in [0.2, 0.25) is 0 Å². The van der Waals surface area contributed by atoms with Crippen LogP contribution in [-0.2, 0) is 51.7 Å². The van der Waals surface area contributed by atoms with E-state index in [-0.39, 0.29) is 41.1 Å². The molecule has 1 saturated carbocycles. The SMILES string of the molecule is Cn1nc(NS(C)(=O)=O)c2cccc(-c3cc4sc(N5CCC5C(N)=O)nc4nc3[C@H](Cc3cc(F)cc(F)c3)NC(=O)Cn3nc(C(F)(F)F)c4c3C(F)(F)[C@@H]3CC43)c21. The molecule has 0 radical (unpaired) electrons. The van der Waals surface area contributed by atoms with Gasteiger partial charge in [0, 0.05) is 47.7 Å². The van der Waals surface area contributed by atoms with Crippen LogP contribution in [0.5, 0.6) is 0 Å². The number of benzene rings is 2. The van der Waals surface area contributed by atoms with Crippen molar-refractivity contribution in [3.05, 3.63) is 82.3 Å². The highest BCUT2D eigenvalue weighted by Crippen LogP contribution is 2.68. The first-order valence-corrected chi connectivity index (χ1v) is 21.0. The van der Waals surface area contributed by atoms with Crippen molar-refractivity contribution in [3.8, 4) is 11.1 Å². The number of fused-ring (bicyclic) bond motifs is 5. The first kappa shape index (κ1) is 39.6. The molecule has 9 rings (SSSR count). The van der Waals surface area contributed by atoms with E-state index in [2.05, 4.69) is 25.2 Å². The smallest absolute Gasteiger partial charge is 0.368 e. The molecular weight excluding hydrogens is 846 g/mol. The number of anilines is 2. The number of thiazole rings is 1. The molecule has 314 valence electrons. The van der Waals surface area contributed by atoms with Crippen molar-refractivity contribution in [1.29, 1.82) is 0 Å². The summed E-state index contributed by atoms with van der Waals surface area (Å²) in [6.45, 7) is -0.629. The summed E-state index contributed by atoms with van der Waals surface area (Å²) in [6, 6.07) is 7.16. The number of sulfonamides is 1. The number of amides is 2. The molecule has 0 spiro atoms. The van der Waals surface area contributed by atoms with Crippen molar-refractivity contribution in [2.45, 2.75) is 55.9 Å². The van der Waals surface area contributed by atoms with E-state index in [1.54, 1.807) is 36.2 Å². The molecule has 5 heterocycles. The fraction of sp³-hybridized carbons (Fsp3) is 0.351. The van der Waals surface area contributed by atoms with Gasteiger partial charge in [0.1, 0.15) is 29.9 Å². The summed E-state index contributed by atoms with van der Waals surface area (Å²) in [5.41, 5.74) is 3.65. The van der Waals surface area contributed by atoms with Crippen LogP contribution in [0.15, 0.2) is 42.5 Å². The summed E-state index contributed by atoms with van der Waals surface area (Å²) >= 11 is 1.17. The van der Waals surface area contributed by atoms with Crippen LogP contribution in [0, 0.1) is 17.6 Å². The van der Waals surface area contributed by atoms with Crippen LogP contribution in [0.1, 0.15) is 53.0 Å². The number of aromatic nitrogens is 6. The molecule has 1 aliphatic heterocycles. The van der Waals surface area contributed by atoms with Gasteiger partial charge in [-0.05, 0) is 55.0 Å². The van der Waals surface area contributed by atoms with Crippen LogP contribution >= 0.6 is 11.3 Å². The van der Waals surface area contributed by atoms with Crippen molar-refractivity contribution in [1.82, 2.24) is 34.8 Å². The topological polar surface area (TPSA) is 183 Å². The zero-order valence-electron chi connectivity index (χ0n) is 31.2. The van der Waals surface area contributed by atoms with Crippen LogP contribution in [0.25, 0.3) is 32.4 Å². The molecule has 0 bridgehead atoms. The molecule has 2 amide bonds. The highest BCUT2D eigenvalue weighted by Gasteiger charge is 2.68. The van der Waals surface area contributed by atoms with E-state index < -0.39 is 93.0 Å². The second-order valence-electron chi connectivity index (χ2n) is 15.1. The number of nitrogens with one attached hydrogen (secondary N) is 2. The number of pyridine rings is 1. The third-order valence-corrected chi connectivity index (χ3v) is 12.5. The van der Waals surface area contributed by atoms with Gasteiger partial charge in [-0.1, -0.05) is 23.5 Å². The average molecular weight is 877 g/mol. The van der Waals surface area contributed by atoms with Crippen molar-refractivity contribution < 1.29 is 48.7 Å². The normalized spacial score (nSPS) is 19.9. The highest BCUT2D eigenvalue weighted by atomic mass is 32.2. The third kappa shape index (κ3) is 6.76. The molecule has 4 N–H and O–H groups in total. The number of rotatable bonds is 11. The van der Waals surface area contributed by atoms with Gasteiger partial charge in [0.2, 0.25) is 21.8 Å². The Labute approximate surface area is 338 Å². The van der Waals surface area contributed by atoms with E-state index in [9.17, 15) is 40.0 Å². The largest absolute Gasteiger partial charge is 0.435 e. The lowest BCUT2D eigenvalue weighted by molar-refractivity contribution is -0.142. The maximum atomic E-state index is 15.5. The lowest BCUT2D eigenvalue weighted by Gasteiger charge is -2.38. The van der Waals surface area contributed by atoms with Gasteiger partial charge in [-0.25, -0.2) is 22.2 Å². The molecule has 23 heteroatoms. The van der Waals surface area contributed by atoms with Crippen LogP contribution in [0.3, 0.4) is 0 Å². The van der Waals surface area contributed by atoms with Crippen LogP contribution in [-0.4, -0.2) is 68.6 Å². The molecule has 2 fully saturated rings. The molecule has 4 atom stereocenters. The molecule has 4 aromatic heterocycles. The number of nitrogens with zero attached hydrogens (tertiary/aromatic N) is 7. The summed E-state index contributed by atoms with van der Waals surface area (Å²) in [7, 11) is -2.25. The Morgan fingerprint density at radius 3 is 2.45 bits per heavy atom. The van der Waals surface area contributed by atoms with Crippen molar-refractivity contribution in [2.24, 2.45) is 18.7 Å². The predicted molar refractivity (Wildman–Crippen MR) is 203 cm³/mol. The molecule has 2 aliphatic carbocycles. The van der Waals surface area contributed by atoms with E-state index in [1.807, 2.05) is 0 Å². The van der Waals surface area contributed by atoms with Gasteiger partial charge in [0.15, 0.2) is 22.3 Å². The van der Waals surface area contributed by atoms with Gasteiger partial charge >= 0.3 is 6.18 Å². The van der Waals surface area contributed by atoms with Gasteiger partial charge in [0.05, 0.1) is 28.2 Å². The van der Waals surface area contributed by atoms with Gasteiger partial charge in [-0.15, -0.1) is 0 Å². The Morgan fingerprint density at radius 1 is 1.07 bits per heavy atom. The monoisotopic (exact) mass is 876 g/mol. The Morgan fingerprint density at radius 2 is 1.80 bits per heavy atom. The Bertz CT molecular complexity index is 2890. The molecular formula is C37H31F7N10O4S2. The number of nitrogens with two attached hydrogens (primary N) is 1. The van der Waals surface area contributed by atoms with E-state index in [0.717, 1.165) is 18.4 Å². The number of hydrogen-bond acceptors (Lipinski definition) is 10. The van der Waals surface area contributed by atoms with Gasteiger partial charge in [0.25, 0.3) is 5.92 Å². The number of halogens is 7. The quantitative estimate of drug-likeness (QED) is 0.142. The number of carbonyl (C=O) groups is 2. The van der Waals surface area contributed by atoms with E-state index in [4.69, 9.17) is 10.7 Å². The molecule has 3 aliphatic rings. The average Bonchev–Trinajstić information content (AvgIpc) is 3.39. The van der Waals surface area contributed by atoms with Crippen molar-refractivity contribution in [3.63, 3.8) is 0 Å². The minimum absolute atomic E-state index is 0.0118. The fourth-order valence-electron chi connectivity index (χ4n) is 8.34. The molecule has 1 saturated heterocycles. The molecule has 60 heavy (non-hydrogen) atoms. The summed E-state index contributed by atoms with van der Waals surface area (Å²) in [5.74, 6) is -9.67. The van der Waals surface area contributed by atoms with E-state index in [1.165, 1.54) is 16.0 Å². The molecule has 2 aromatic carbocycles. The summed E-state index contributed by atoms with van der Waals surface area (Å²) in [5, 5.41) is 11.2. The fourth-order valence-corrected chi connectivity index (χ4v) is 9.86. The summed E-state index contributed by atoms with van der Waals surface area (Å²) in [6.07, 6.45) is -4.19. The summed E-state index contributed by atoms with van der Waals surface area (Å²) < 4.78 is 132. The second kappa shape index (κ2) is 13.6. The minimum atomic E-state index is -5.08. The van der Waals surface area contributed by atoms with E-state index >= 15 is 8.78 Å².